The Morgan fingerprint density at radius 1 is 0.895 bits per heavy atom. The summed E-state index contributed by atoms with van der Waals surface area (Å²) in [6, 6.07) is 5.23. The molecular weight excluding hydrogens is 262 g/mol. The average Bonchev–Trinajstić information content (AvgIpc) is 2.33. The number of hydrogen-bond donors (Lipinski definition) is 1. The van der Waals surface area contributed by atoms with Gasteiger partial charge in [-0.3, -0.25) is 4.79 Å². The summed E-state index contributed by atoms with van der Waals surface area (Å²) in [4.78, 5) is 11.6. The van der Waals surface area contributed by atoms with E-state index in [-0.39, 0.29) is 0 Å². The highest BCUT2D eigenvalue weighted by Crippen LogP contribution is 2.18. The first-order valence-corrected chi connectivity index (χ1v) is 5.19. The number of amides is 1. The smallest absolute Gasteiger partial charge is 0.261 e. The number of halogens is 4. The van der Waals surface area contributed by atoms with E-state index in [1.54, 1.807) is 0 Å². The first kappa shape index (κ1) is 13.1. The molecule has 0 unspecified atom stereocenters. The van der Waals surface area contributed by atoms with Crippen LogP contribution >= 0.6 is 0 Å². The second-order valence-corrected chi connectivity index (χ2v) is 3.67. The van der Waals surface area contributed by atoms with Gasteiger partial charge < -0.3 is 5.32 Å². The molecule has 0 aliphatic heterocycles. The molecule has 6 heteroatoms. The lowest BCUT2D eigenvalue weighted by molar-refractivity contribution is 0.101. The minimum absolute atomic E-state index is 0.493. The maximum Gasteiger partial charge on any atom is 0.261 e. The lowest BCUT2D eigenvalue weighted by atomic mass is 10.1. The Labute approximate surface area is 105 Å². The van der Waals surface area contributed by atoms with Gasteiger partial charge in [-0.2, -0.15) is 0 Å². The summed E-state index contributed by atoms with van der Waals surface area (Å²) in [7, 11) is 0. The lowest BCUT2D eigenvalue weighted by Crippen LogP contribution is -2.16. The highest BCUT2D eigenvalue weighted by molar-refractivity contribution is 6.04. The third-order valence-electron chi connectivity index (χ3n) is 2.37. The van der Waals surface area contributed by atoms with Crippen molar-refractivity contribution in [3.8, 4) is 0 Å². The van der Waals surface area contributed by atoms with E-state index in [4.69, 9.17) is 0 Å². The van der Waals surface area contributed by atoms with Gasteiger partial charge in [-0.15, -0.1) is 0 Å². The van der Waals surface area contributed by atoms with Crippen molar-refractivity contribution in [2.24, 2.45) is 0 Å². The highest BCUT2D eigenvalue weighted by atomic mass is 19.1. The molecule has 0 bridgehead atoms. The average molecular weight is 269 g/mol. The molecule has 0 saturated heterocycles. The van der Waals surface area contributed by atoms with Crippen molar-refractivity contribution < 1.29 is 22.4 Å². The van der Waals surface area contributed by atoms with Crippen LogP contribution in [-0.2, 0) is 0 Å². The van der Waals surface area contributed by atoms with Gasteiger partial charge in [-0.1, -0.05) is 6.07 Å². The SMILES string of the molecule is O=C(Nc1cc(F)ccc1F)c1c(F)cccc1F. The molecule has 2 rings (SSSR count). The number of hydrogen-bond acceptors (Lipinski definition) is 1. The molecule has 0 aliphatic carbocycles. The van der Waals surface area contributed by atoms with E-state index in [1.807, 2.05) is 5.32 Å². The molecule has 0 spiro atoms. The van der Waals surface area contributed by atoms with Crippen molar-refractivity contribution in [2.75, 3.05) is 5.32 Å². The number of carbonyl (C=O) groups is 1. The number of benzene rings is 2. The Morgan fingerprint density at radius 3 is 2.16 bits per heavy atom. The van der Waals surface area contributed by atoms with Gasteiger partial charge >= 0.3 is 0 Å². The maximum atomic E-state index is 13.3. The number of carbonyl (C=O) groups excluding carboxylic acids is 1. The van der Waals surface area contributed by atoms with Crippen LogP contribution in [0.2, 0.25) is 0 Å². The Bertz CT molecular complexity index is 622. The van der Waals surface area contributed by atoms with E-state index in [0.717, 1.165) is 30.3 Å². The zero-order chi connectivity index (χ0) is 14.0. The number of rotatable bonds is 2. The molecule has 0 aromatic heterocycles. The largest absolute Gasteiger partial charge is 0.319 e. The summed E-state index contributed by atoms with van der Waals surface area (Å²) in [5.74, 6) is -5.07. The summed E-state index contributed by atoms with van der Waals surface area (Å²) in [6.07, 6.45) is 0. The van der Waals surface area contributed by atoms with Gasteiger partial charge in [0.05, 0.1) is 5.69 Å². The summed E-state index contributed by atoms with van der Waals surface area (Å²) in [6.45, 7) is 0. The quantitative estimate of drug-likeness (QED) is 0.831. The molecule has 98 valence electrons. The standard InChI is InChI=1S/C13H7F4NO/c14-7-4-5-8(15)11(6-7)18-13(19)12-9(16)2-1-3-10(12)17/h1-6H,(H,18,19). The topological polar surface area (TPSA) is 29.1 Å². The van der Waals surface area contributed by atoms with Crippen LogP contribution in [0.5, 0.6) is 0 Å². The van der Waals surface area contributed by atoms with Crippen molar-refractivity contribution in [3.05, 3.63) is 65.2 Å². The summed E-state index contributed by atoms with van der Waals surface area (Å²) < 4.78 is 52.8. The predicted molar refractivity (Wildman–Crippen MR) is 60.7 cm³/mol. The van der Waals surface area contributed by atoms with Gasteiger partial charge in [0.15, 0.2) is 0 Å². The van der Waals surface area contributed by atoms with Crippen LogP contribution in [0, 0.1) is 23.3 Å². The Kier molecular flexibility index (Phi) is 3.50. The summed E-state index contributed by atoms with van der Waals surface area (Å²) >= 11 is 0. The molecule has 1 amide bonds. The molecule has 0 aliphatic rings. The third-order valence-corrected chi connectivity index (χ3v) is 2.37. The Balaban J connectivity index is 2.34. The monoisotopic (exact) mass is 269 g/mol. The number of anilines is 1. The van der Waals surface area contributed by atoms with Crippen molar-refractivity contribution >= 4 is 11.6 Å². The second-order valence-electron chi connectivity index (χ2n) is 3.67. The van der Waals surface area contributed by atoms with Crippen molar-refractivity contribution in [3.63, 3.8) is 0 Å². The summed E-state index contributed by atoms with van der Waals surface area (Å²) in [5.41, 5.74) is -1.35. The van der Waals surface area contributed by atoms with E-state index in [0.29, 0.717) is 6.07 Å². The second kappa shape index (κ2) is 5.09. The van der Waals surface area contributed by atoms with E-state index < -0.39 is 40.4 Å². The lowest BCUT2D eigenvalue weighted by Gasteiger charge is -2.08. The molecule has 0 fully saturated rings. The fourth-order valence-corrected chi connectivity index (χ4v) is 1.49. The van der Waals surface area contributed by atoms with Crippen LogP contribution in [0.1, 0.15) is 10.4 Å². The van der Waals surface area contributed by atoms with Crippen LogP contribution in [0.25, 0.3) is 0 Å². The van der Waals surface area contributed by atoms with Crippen molar-refractivity contribution in [1.82, 2.24) is 0 Å². The molecule has 0 heterocycles. The molecule has 1 N–H and O–H groups in total. The normalized spacial score (nSPS) is 10.3. The van der Waals surface area contributed by atoms with Crippen LogP contribution < -0.4 is 5.32 Å². The van der Waals surface area contributed by atoms with Crippen molar-refractivity contribution in [2.45, 2.75) is 0 Å². The van der Waals surface area contributed by atoms with Crippen molar-refractivity contribution in [1.29, 1.82) is 0 Å². The highest BCUT2D eigenvalue weighted by Gasteiger charge is 2.18. The van der Waals surface area contributed by atoms with Gasteiger partial charge in [0.1, 0.15) is 28.8 Å². The molecule has 2 aromatic rings. The minimum atomic E-state index is -1.19. The molecule has 0 saturated carbocycles. The zero-order valence-electron chi connectivity index (χ0n) is 9.38. The van der Waals surface area contributed by atoms with E-state index >= 15 is 0 Å². The van der Waals surface area contributed by atoms with Crippen LogP contribution in [0.4, 0.5) is 23.2 Å². The molecule has 0 atom stereocenters. The Morgan fingerprint density at radius 2 is 1.53 bits per heavy atom. The van der Waals surface area contributed by atoms with Gasteiger partial charge in [-0.05, 0) is 24.3 Å². The molecule has 2 nitrogen and oxygen atoms in total. The van der Waals surface area contributed by atoms with E-state index in [2.05, 4.69) is 0 Å². The van der Waals surface area contributed by atoms with Gasteiger partial charge in [0.25, 0.3) is 5.91 Å². The van der Waals surface area contributed by atoms with Gasteiger partial charge in [0, 0.05) is 6.07 Å². The number of nitrogens with one attached hydrogen (secondary N) is 1. The van der Waals surface area contributed by atoms with Crippen LogP contribution in [-0.4, -0.2) is 5.91 Å². The summed E-state index contributed by atoms with van der Waals surface area (Å²) in [5, 5.41) is 1.92. The first-order valence-electron chi connectivity index (χ1n) is 5.19. The van der Waals surface area contributed by atoms with Crippen LogP contribution in [0.3, 0.4) is 0 Å². The zero-order valence-corrected chi connectivity index (χ0v) is 9.38. The van der Waals surface area contributed by atoms with Gasteiger partial charge in [0.2, 0.25) is 0 Å². The molecule has 2 aromatic carbocycles. The third kappa shape index (κ3) is 2.73. The van der Waals surface area contributed by atoms with E-state index in [1.165, 1.54) is 0 Å². The predicted octanol–water partition coefficient (Wildman–Crippen LogP) is 3.50. The van der Waals surface area contributed by atoms with Gasteiger partial charge in [-0.25, -0.2) is 17.6 Å². The first-order chi connectivity index (χ1) is 8.99. The fourth-order valence-electron chi connectivity index (χ4n) is 1.49. The fraction of sp³-hybridized carbons (Fsp3) is 0. The molecule has 19 heavy (non-hydrogen) atoms. The van der Waals surface area contributed by atoms with E-state index in [9.17, 15) is 22.4 Å². The molecule has 0 radical (unpaired) electrons. The minimum Gasteiger partial charge on any atom is -0.319 e. The molecular formula is C13H7F4NO. The maximum absolute atomic E-state index is 13.3. The van der Waals surface area contributed by atoms with Crippen LogP contribution in [0.15, 0.2) is 36.4 Å². The Hall–Kier alpha value is -2.37.